The second-order valence-corrected chi connectivity index (χ2v) is 6.90. The Morgan fingerprint density at radius 2 is 1.78 bits per heavy atom. The van der Waals surface area contributed by atoms with E-state index >= 15 is 0 Å². The molecule has 1 atom stereocenters. The van der Waals surface area contributed by atoms with Crippen LogP contribution in [0.2, 0.25) is 0 Å². The molecule has 0 heterocycles. The van der Waals surface area contributed by atoms with Gasteiger partial charge in [0.25, 0.3) is 0 Å². The van der Waals surface area contributed by atoms with Gasteiger partial charge in [0.15, 0.2) is 0 Å². The quantitative estimate of drug-likeness (QED) is 0.834. The number of benzene rings is 1. The first-order chi connectivity index (χ1) is 8.19. The summed E-state index contributed by atoms with van der Waals surface area (Å²) in [6.45, 7) is 11.4. The van der Waals surface area contributed by atoms with E-state index in [4.69, 9.17) is 0 Å². The van der Waals surface area contributed by atoms with Crippen LogP contribution in [0.15, 0.2) is 41.8 Å². The van der Waals surface area contributed by atoms with Gasteiger partial charge in [0.2, 0.25) is 10.0 Å². The highest BCUT2D eigenvalue weighted by Gasteiger charge is 2.27. The molecule has 0 aliphatic heterocycles. The number of hydrogen-bond acceptors (Lipinski definition) is 2. The van der Waals surface area contributed by atoms with E-state index < -0.39 is 10.0 Å². The molecule has 0 saturated heterocycles. The van der Waals surface area contributed by atoms with Gasteiger partial charge in [-0.25, -0.2) is 13.1 Å². The fourth-order valence-electron chi connectivity index (χ4n) is 1.35. The molecule has 3 nitrogen and oxygen atoms in total. The van der Waals surface area contributed by atoms with Gasteiger partial charge in [0.1, 0.15) is 0 Å². The highest BCUT2D eigenvalue weighted by atomic mass is 32.2. The molecular weight excluding hydrogens is 246 g/mol. The van der Waals surface area contributed by atoms with Crippen molar-refractivity contribution >= 4 is 10.0 Å². The molecular formula is C14H21NO2S. The zero-order valence-electron chi connectivity index (χ0n) is 11.4. The summed E-state index contributed by atoms with van der Waals surface area (Å²) >= 11 is 0. The molecule has 0 spiro atoms. The molecule has 1 aromatic rings. The minimum absolute atomic E-state index is 0.221. The van der Waals surface area contributed by atoms with E-state index in [-0.39, 0.29) is 11.5 Å². The van der Waals surface area contributed by atoms with Crippen molar-refractivity contribution in [3.63, 3.8) is 0 Å². The van der Waals surface area contributed by atoms with E-state index in [0.29, 0.717) is 4.90 Å². The molecule has 0 saturated carbocycles. The highest BCUT2D eigenvalue weighted by molar-refractivity contribution is 7.89. The number of nitrogens with one attached hydrogen (secondary N) is 1. The lowest BCUT2D eigenvalue weighted by atomic mass is 9.86. The Hall–Kier alpha value is -1.13. The van der Waals surface area contributed by atoms with E-state index in [0.717, 1.165) is 5.56 Å². The van der Waals surface area contributed by atoms with Crippen molar-refractivity contribution in [3.8, 4) is 0 Å². The van der Waals surface area contributed by atoms with Crippen molar-refractivity contribution in [2.45, 2.75) is 38.6 Å². The SMILES string of the molecule is C=CC(C)(C)C(C)NS(=O)(=O)c1ccc(C)cc1. The standard InChI is InChI=1S/C14H21NO2S/c1-6-14(4,5)12(3)15-18(16,17)13-9-7-11(2)8-10-13/h6-10,12,15H,1H2,2-5H3. The summed E-state index contributed by atoms with van der Waals surface area (Å²) < 4.78 is 27.0. The first kappa shape index (κ1) is 14.9. The summed E-state index contributed by atoms with van der Waals surface area (Å²) in [4.78, 5) is 0.291. The third-order valence-corrected chi connectivity index (χ3v) is 4.86. The van der Waals surface area contributed by atoms with Crippen molar-refractivity contribution < 1.29 is 8.42 Å². The summed E-state index contributed by atoms with van der Waals surface area (Å²) in [5, 5.41) is 0. The Morgan fingerprint density at radius 3 is 2.22 bits per heavy atom. The molecule has 18 heavy (non-hydrogen) atoms. The molecule has 0 aliphatic rings. The molecule has 0 amide bonds. The Balaban J connectivity index is 2.96. The van der Waals surface area contributed by atoms with Gasteiger partial charge in [0.05, 0.1) is 4.90 Å². The van der Waals surface area contributed by atoms with E-state index in [9.17, 15) is 8.42 Å². The van der Waals surface area contributed by atoms with E-state index in [2.05, 4.69) is 11.3 Å². The minimum Gasteiger partial charge on any atom is -0.208 e. The number of rotatable bonds is 5. The molecule has 0 bridgehead atoms. The monoisotopic (exact) mass is 267 g/mol. The lowest BCUT2D eigenvalue weighted by Gasteiger charge is -2.28. The zero-order valence-corrected chi connectivity index (χ0v) is 12.2. The maximum atomic E-state index is 12.2. The number of aryl methyl sites for hydroxylation is 1. The van der Waals surface area contributed by atoms with Gasteiger partial charge in [-0.1, -0.05) is 37.6 Å². The number of hydrogen-bond donors (Lipinski definition) is 1. The van der Waals surface area contributed by atoms with Crippen molar-refractivity contribution in [1.82, 2.24) is 4.72 Å². The molecule has 0 fully saturated rings. The number of sulfonamides is 1. The molecule has 100 valence electrons. The maximum Gasteiger partial charge on any atom is 0.240 e. The topological polar surface area (TPSA) is 46.2 Å². The fourth-order valence-corrected chi connectivity index (χ4v) is 2.75. The van der Waals surface area contributed by atoms with Gasteiger partial charge in [-0.05, 0) is 31.4 Å². The summed E-state index contributed by atoms with van der Waals surface area (Å²) in [5.74, 6) is 0. The van der Waals surface area contributed by atoms with Crippen molar-refractivity contribution in [2.24, 2.45) is 5.41 Å². The van der Waals surface area contributed by atoms with Crippen molar-refractivity contribution in [1.29, 1.82) is 0 Å². The fraction of sp³-hybridized carbons (Fsp3) is 0.429. The van der Waals surface area contributed by atoms with Crippen LogP contribution in [-0.4, -0.2) is 14.5 Å². The van der Waals surface area contributed by atoms with Gasteiger partial charge in [0, 0.05) is 6.04 Å². The van der Waals surface area contributed by atoms with Crippen LogP contribution in [0.5, 0.6) is 0 Å². The Kier molecular flexibility index (Phi) is 4.35. The summed E-state index contributed by atoms with van der Waals surface area (Å²) in [5.41, 5.74) is 0.742. The lowest BCUT2D eigenvalue weighted by Crippen LogP contribution is -2.41. The van der Waals surface area contributed by atoms with Crippen LogP contribution in [0.3, 0.4) is 0 Å². The molecule has 1 N–H and O–H groups in total. The van der Waals surface area contributed by atoms with Gasteiger partial charge in [-0.2, -0.15) is 0 Å². The summed E-state index contributed by atoms with van der Waals surface area (Å²) in [6, 6.07) is 6.59. The largest absolute Gasteiger partial charge is 0.240 e. The minimum atomic E-state index is -3.47. The maximum absolute atomic E-state index is 12.2. The van der Waals surface area contributed by atoms with Gasteiger partial charge in [-0.3, -0.25) is 0 Å². The first-order valence-corrected chi connectivity index (χ1v) is 7.40. The average Bonchev–Trinajstić information content (AvgIpc) is 2.29. The first-order valence-electron chi connectivity index (χ1n) is 5.91. The van der Waals surface area contributed by atoms with Gasteiger partial charge < -0.3 is 0 Å². The molecule has 1 unspecified atom stereocenters. The van der Waals surface area contributed by atoms with Crippen molar-refractivity contribution in [3.05, 3.63) is 42.5 Å². The van der Waals surface area contributed by atoms with Crippen LogP contribution in [-0.2, 0) is 10.0 Å². The molecule has 1 rings (SSSR count). The Morgan fingerprint density at radius 1 is 1.28 bits per heavy atom. The lowest BCUT2D eigenvalue weighted by molar-refractivity contribution is 0.367. The third-order valence-electron chi connectivity index (χ3n) is 3.31. The summed E-state index contributed by atoms with van der Waals surface area (Å²) in [6.07, 6.45) is 1.76. The molecule has 0 aromatic heterocycles. The molecule has 4 heteroatoms. The van der Waals surface area contributed by atoms with Gasteiger partial charge >= 0.3 is 0 Å². The third kappa shape index (κ3) is 3.43. The van der Waals surface area contributed by atoms with Crippen LogP contribution >= 0.6 is 0 Å². The molecule has 0 aliphatic carbocycles. The predicted molar refractivity (Wildman–Crippen MR) is 74.9 cm³/mol. The zero-order chi connectivity index (χ0) is 14.0. The average molecular weight is 267 g/mol. The Labute approximate surface area is 110 Å². The molecule has 1 aromatic carbocycles. The Bertz CT molecular complexity index is 515. The highest BCUT2D eigenvalue weighted by Crippen LogP contribution is 2.23. The van der Waals surface area contributed by atoms with E-state index in [1.54, 1.807) is 30.3 Å². The summed E-state index contributed by atoms with van der Waals surface area (Å²) in [7, 11) is -3.47. The smallest absolute Gasteiger partial charge is 0.208 e. The van der Waals surface area contributed by atoms with E-state index in [1.165, 1.54) is 0 Å². The predicted octanol–water partition coefficient (Wildman–Crippen LogP) is 2.87. The van der Waals surface area contributed by atoms with Crippen LogP contribution in [0.1, 0.15) is 26.3 Å². The van der Waals surface area contributed by atoms with Crippen LogP contribution < -0.4 is 4.72 Å². The van der Waals surface area contributed by atoms with Crippen LogP contribution in [0.25, 0.3) is 0 Å². The van der Waals surface area contributed by atoms with Crippen molar-refractivity contribution in [2.75, 3.05) is 0 Å². The van der Waals surface area contributed by atoms with Crippen LogP contribution in [0.4, 0.5) is 0 Å². The van der Waals surface area contributed by atoms with Gasteiger partial charge in [-0.15, -0.1) is 6.58 Å². The second kappa shape index (κ2) is 5.24. The van der Waals surface area contributed by atoms with Crippen LogP contribution in [0, 0.1) is 12.3 Å². The molecule has 0 radical (unpaired) electrons. The normalized spacial score (nSPS) is 14.2. The second-order valence-electron chi connectivity index (χ2n) is 5.18. The van der Waals surface area contributed by atoms with E-state index in [1.807, 2.05) is 27.7 Å².